The fourth-order valence-electron chi connectivity index (χ4n) is 3.66. The number of amides is 2. The van der Waals surface area contributed by atoms with E-state index in [-0.39, 0.29) is 24.9 Å². The fraction of sp³-hybridized carbons (Fsp3) is 0.318. The predicted octanol–water partition coefficient (Wildman–Crippen LogP) is 2.60. The van der Waals surface area contributed by atoms with Gasteiger partial charge < -0.3 is 19.5 Å². The molecule has 1 aliphatic heterocycles. The summed E-state index contributed by atoms with van der Waals surface area (Å²) in [5.41, 5.74) is 2.22. The van der Waals surface area contributed by atoms with Gasteiger partial charge in [-0.3, -0.25) is 9.59 Å². The van der Waals surface area contributed by atoms with Crippen molar-refractivity contribution in [1.29, 1.82) is 0 Å². The molecule has 1 saturated heterocycles. The van der Waals surface area contributed by atoms with E-state index in [1.54, 1.807) is 31.4 Å². The van der Waals surface area contributed by atoms with Gasteiger partial charge in [0.15, 0.2) is 0 Å². The first-order valence-corrected chi connectivity index (χ1v) is 9.80. The van der Waals surface area contributed by atoms with Crippen molar-refractivity contribution in [3.63, 3.8) is 0 Å². The molecular weight excluding hydrogens is 368 g/mol. The number of methoxy groups -OCH3 is 1. The number of ether oxygens (including phenoxy) is 1. The molecule has 0 bridgehead atoms. The highest BCUT2D eigenvalue weighted by molar-refractivity contribution is 5.94. The first-order chi connectivity index (χ1) is 14.2. The standard InChI is InChI=1S/C22H24N4O3/c1-29-17-8-6-7-16(13-17)22(28)23-14-20-24-18-9-2-3-10-19(18)26(20)15-21(27)25-11-4-5-12-25/h2-3,6-10,13H,4-5,11-12,14-15H2,1H3,(H,23,28). The second-order valence-electron chi connectivity index (χ2n) is 7.11. The minimum atomic E-state index is -0.214. The summed E-state index contributed by atoms with van der Waals surface area (Å²) in [5.74, 6) is 1.16. The minimum absolute atomic E-state index is 0.0889. The van der Waals surface area contributed by atoms with Gasteiger partial charge in [-0.1, -0.05) is 18.2 Å². The van der Waals surface area contributed by atoms with Gasteiger partial charge in [-0.15, -0.1) is 0 Å². The Kier molecular flexibility index (Phi) is 5.46. The minimum Gasteiger partial charge on any atom is -0.497 e. The molecule has 1 aromatic heterocycles. The molecule has 2 aromatic carbocycles. The second-order valence-corrected chi connectivity index (χ2v) is 7.11. The number of imidazole rings is 1. The molecule has 1 aliphatic rings. The molecule has 0 atom stereocenters. The van der Waals surface area contributed by atoms with Crippen LogP contribution in [0.5, 0.6) is 5.75 Å². The maximum atomic E-state index is 12.7. The van der Waals surface area contributed by atoms with Gasteiger partial charge in [0.25, 0.3) is 5.91 Å². The summed E-state index contributed by atoms with van der Waals surface area (Å²) in [6.45, 7) is 2.09. The van der Waals surface area contributed by atoms with Crippen LogP contribution in [0.2, 0.25) is 0 Å². The maximum absolute atomic E-state index is 12.7. The van der Waals surface area contributed by atoms with E-state index >= 15 is 0 Å². The number of benzene rings is 2. The number of carbonyl (C=O) groups is 2. The number of nitrogens with zero attached hydrogens (tertiary/aromatic N) is 3. The average molecular weight is 392 g/mol. The van der Waals surface area contributed by atoms with Gasteiger partial charge in [-0.05, 0) is 43.2 Å². The van der Waals surface area contributed by atoms with Crippen LogP contribution in [-0.2, 0) is 17.9 Å². The Morgan fingerprint density at radius 2 is 1.90 bits per heavy atom. The smallest absolute Gasteiger partial charge is 0.251 e. The summed E-state index contributed by atoms with van der Waals surface area (Å²) < 4.78 is 7.09. The van der Waals surface area contributed by atoms with Crippen molar-refractivity contribution >= 4 is 22.8 Å². The molecule has 0 unspecified atom stereocenters. The van der Waals surface area contributed by atoms with Gasteiger partial charge in [0, 0.05) is 18.7 Å². The Bertz CT molecular complexity index is 1040. The number of rotatable bonds is 6. The van der Waals surface area contributed by atoms with Crippen molar-refractivity contribution in [2.45, 2.75) is 25.9 Å². The van der Waals surface area contributed by atoms with E-state index in [0.717, 1.165) is 37.0 Å². The summed E-state index contributed by atoms with van der Waals surface area (Å²) in [6.07, 6.45) is 2.11. The molecule has 29 heavy (non-hydrogen) atoms. The summed E-state index contributed by atoms with van der Waals surface area (Å²) in [7, 11) is 1.57. The molecule has 3 aromatic rings. The molecule has 0 saturated carbocycles. The fourth-order valence-corrected chi connectivity index (χ4v) is 3.66. The van der Waals surface area contributed by atoms with Crippen molar-refractivity contribution < 1.29 is 14.3 Å². The molecule has 7 heteroatoms. The zero-order valence-corrected chi connectivity index (χ0v) is 16.4. The zero-order valence-electron chi connectivity index (χ0n) is 16.4. The van der Waals surface area contributed by atoms with E-state index in [4.69, 9.17) is 4.74 Å². The van der Waals surface area contributed by atoms with Gasteiger partial charge in [-0.2, -0.15) is 0 Å². The van der Waals surface area contributed by atoms with E-state index in [1.807, 2.05) is 33.7 Å². The molecule has 0 radical (unpaired) electrons. The Balaban J connectivity index is 1.54. The van der Waals surface area contributed by atoms with Crippen LogP contribution in [0.4, 0.5) is 0 Å². The first kappa shape index (κ1) is 19.0. The maximum Gasteiger partial charge on any atom is 0.251 e. The lowest BCUT2D eigenvalue weighted by atomic mass is 10.2. The van der Waals surface area contributed by atoms with Crippen LogP contribution < -0.4 is 10.1 Å². The molecule has 150 valence electrons. The normalized spacial score (nSPS) is 13.6. The van der Waals surface area contributed by atoms with Crippen molar-refractivity contribution in [1.82, 2.24) is 19.8 Å². The molecule has 2 heterocycles. The van der Waals surface area contributed by atoms with E-state index in [0.29, 0.717) is 17.1 Å². The number of para-hydroxylation sites is 2. The van der Waals surface area contributed by atoms with Crippen molar-refractivity contribution in [2.75, 3.05) is 20.2 Å². The third-order valence-corrected chi connectivity index (χ3v) is 5.22. The Morgan fingerprint density at radius 3 is 2.69 bits per heavy atom. The lowest BCUT2D eigenvalue weighted by molar-refractivity contribution is -0.130. The van der Waals surface area contributed by atoms with Crippen molar-refractivity contribution in [2.24, 2.45) is 0 Å². The topological polar surface area (TPSA) is 76.5 Å². The first-order valence-electron chi connectivity index (χ1n) is 9.80. The number of nitrogens with one attached hydrogen (secondary N) is 1. The SMILES string of the molecule is COc1cccc(C(=O)NCc2nc3ccccc3n2CC(=O)N2CCCC2)c1. The van der Waals surface area contributed by atoms with Crippen LogP contribution in [0.15, 0.2) is 48.5 Å². The van der Waals surface area contributed by atoms with Crippen LogP contribution in [0.1, 0.15) is 29.0 Å². The lowest BCUT2D eigenvalue weighted by Gasteiger charge is -2.17. The Morgan fingerprint density at radius 1 is 1.10 bits per heavy atom. The quantitative estimate of drug-likeness (QED) is 0.700. The van der Waals surface area contributed by atoms with Crippen molar-refractivity contribution in [3.05, 3.63) is 59.9 Å². The molecular formula is C22H24N4O3. The lowest BCUT2D eigenvalue weighted by Crippen LogP contribution is -2.32. The zero-order chi connectivity index (χ0) is 20.2. The van der Waals surface area contributed by atoms with Crippen LogP contribution in [0, 0.1) is 0 Å². The summed E-state index contributed by atoms with van der Waals surface area (Å²) >= 11 is 0. The highest BCUT2D eigenvalue weighted by Crippen LogP contribution is 2.18. The molecule has 0 aliphatic carbocycles. The van der Waals surface area contributed by atoms with E-state index in [9.17, 15) is 9.59 Å². The average Bonchev–Trinajstić information content (AvgIpc) is 3.41. The highest BCUT2D eigenvalue weighted by Gasteiger charge is 2.21. The number of hydrogen-bond donors (Lipinski definition) is 1. The largest absolute Gasteiger partial charge is 0.497 e. The predicted molar refractivity (Wildman–Crippen MR) is 110 cm³/mol. The van der Waals surface area contributed by atoms with Gasteiger partial charge >= 0.3 is 0 Å². The molecule has 1 N–H and O–H groups in total. The van der Waals surface area contributed by atoms with Crippen LogP contribution in [0.3, 0.4) is 0 Å². The van der Waals surface area contributed by atoms with E-state index in [1.165, 1.54) is 0 Å². The molecule has 0 spiro atoms. The monoisotopic (exact) mass is 392 g/mol. The number of carbonyl (C=O) groups excluding carboxylic acids is 2. The summed E-state index contributed by atoms with van der Waals surface area (Å²) in [6, 6.07) is 14.7. The van der Waals surface area contributed by atoms with Crippen molar-refractivity contribution in [3.8, 4) is 5.75 Å². The van der Waals surface area contributed by atoms with Crippen LogP contribution >= 0.6 is 0 Å². The van der Waals surface area contributed by atoms with Gasteiger partial charge in [0.1, 0.15) is 18.1 Å². The summed E-state index contributed by atoms with van der Waals surface area (Å²) in [5, 5.41) is 2.91. The number of fused-ring (bicyclic) bond motifs is 1. The number of hydrogen-bond acceptors (Lipinski definition) is 4. The number of likely N-dealkylation sites (tertiary alicyclic amines) is 1. The van der Waals surface area contributed by atoms with Gasteiger partial charge in [0.05, 0.1) is 24.7 Å². The van der Waals surface area contributed by atoms with E-state index < -0.39 is 0 Å². The van der Waals surface area contributed by atoms with Gasteiger partial charge in [-0.25, -0.2) is 4.98 Å². The van der Waals surface area contributed by atoms with Gasteiger partial charge in [0.2, 0.25) is 5.91 Å². The molecule has 1 fully saturated rings. The Labute approximate surface area is 169 Å². The molecule has 2 amide bonds. The Hall–Kier alpha value is -3.35. The second kappa shape index (κ2) is 8.34. The molecule has 7 nitrogen and oxygen atoms in total. The molecule has 4 rings (SSSR count). The highest BCUT2D eigenvalue weighted by atomic mass is 16.5. The third kappa shape index (κ3) is 4.08. The third-order valence-electron chi connectivity index (χ3n) is 5.22. The van der Waals surface area contributed by atoms with E-state index in [2.05, 4.69) is 10.3 Å². The van der Waals surface area contributed by atoms with Crippen LogP contribution in [-0.4, -0.2) is 46.5 Å². The number of aromatic nitrogens is 2. The van der Waals surface area contributed by atoms with Crippen LogP contribution in [0.25, 0.3) is 11.0 Å². The summed E-state index contributed by atoms with van der Waals surface area (Å²) in [4.78, 5) is 31.8.